The molecular weight excluding hydrogens is 542 g/mol. The van der Waals surface area contributed by atoms with E-state index < -0.39 is 24.0 Å². The number of rotatable bonds is 19. The molecule has 1 aliphatic carbocycles. The molecule has 1 heterocycles. The van der Waals surface area contributed by atoms with Crippen molar-refractivity contribution < 1.29 is 37.4 Å². The molecule has 1 saturated carbocycles. The first-order valence-electron chi connectivity index (χ1n) is 16.1. The van der Waals surface area contributed by atoms with Crippen molar-refractivity contribution in [1.82, 2.24) is 0 Å². The third-order valence-electron chi connectivity index (χ3n) is 8.80. The number of hydrogen-bond acceptors (Lipinski definition) is 6. The number of carbonyl (C=O) groups is 3. The highest BCUT2D eigenvalue weighted by molar-refractivity contribution is 5.88. The van der Waals surface area contributed by atoms with E-state index >= 15 is 0 Å². The summed E-state index contributed by atoms with van der Waals surface area (Å²) in [6.45, 7) is 4.69. The van der Waals surface area contributed by atoms with Gasteiger partial charge < -0.3 is 14.2 Å². The molecule has 1 aliphatic heterocycles. The zero-order chi connectivity index (χ0) is 30.4. The summed E-state index contributed by atoms with van der Waals surface area (Å²) in [4.78, 5) is 38.0. The number of esters is 1. The van der Waals surface area contributed by atoms with Gasteiger partial charge in [0.2, 0.25) is 5.78 Å². The number of unbranched alkanes of at least 4 members (excludes halogenated alkanes) is 4. The van der Waals surface area contributed by atoms with Gasteiger partial charge in [0.05, 0.1) is 6.61 Å². The normalized spacial score (nSPS) is 23.6. The van der Waals surface area contributed by atoms with Crippen molar-refractivity contribution in [3.8, 4) is 0 Å². The Bertz CT molecular complexity index is 962. The first-order chi connectivity index (χ1) is 20.2. The van der Waals surface area contributed by atoms with Gasteiger partial charge in [0.15, 0.2) is 6.29 Å². The predicted octanol–water partition coefficient (Wildman–Crippen LogP) is 7.86. The van der Waals surface area contributed by atoms with Gasteiger partial charge in [0, 0.05) is 37.7 Å². The van der Waals surface area contributed by atoms with Crippen LogP contribution in [-0.4, -0.2) is 43.0 Å². The molecule has 0 spiro atoms. The van der Waals surface area contributed by atoms with E-state index in [1.807, 2.05) is 37.3 Å². The Hall–Kier alpha value is -2.19. The molecule has 42 heavy (non-hydrogen) atoms. The number of benzene rings is 1. The summed E-state index contributed by atoms with van der Waals surface area (Å²) in [5.41, 5.74) is 0.956. The number of ether oxygens (including phenoxy) is 3. The van der Waals surface area contributed by atoms with Gasteiger partial charge in [0.1, 0.15) is 12.4 Å². The van der Waals surface area contributed by atoms with E-state index in [2.05, 4.69) is 0 Å². The molecule has 0 bridgehead atoms. The van der Waals surface area contributed by atoms with Crippen LogP contribution >= 0.6 is 0 Å². The molecule has 5 atom stereocenters. The number of ketones is 2. The van der Waals surface area contributed by atoms with Gasteiger partial charge in [-0.25, -0.2) is 0 Å². The maximum absolute atomic E-state index is 14.6. The summed E-state index contributed by atoms with van der Waals surface area (Å²) in [6.07, 6.45) is 7.90. The summed E-state index contributed by atoms with van der Waals surface area (Å²) >= 11 is 0. The Morgan fingerprint density at radius 2 is 1.83 bits per heavy atom. The fourth-order valence-corrected chi connectivity index (χ4v) is 6.31. The highest BCUT2D eigenvalue weighted by atomic mass is 19.3. The van der Waals surface area contributed by atoms with Crippen LogP contribution in [0, 0.1) is 23.7 Å². The number of Topliss-reactive ketones (excluding diaryl/α,β-unsaturated/α-hetero) is 2. The minimum atomic E-state index is -3.34. The molecule has 2 aliphatic rings. The number of hydrogen-bond donors (Lipinski definition) is 0. The molecule has 0 amide bonds. The van der Waals surface area contributed by atoms with Crippen LogP contribution in [0.5, 0.6) is 0 Å². The minimum absolute atomic E-state index is 0.105. The first-order valence-corrected chi connectivity index (χ1v) is 16.1. The Labute approximate surface area is 250 Å². The molecule has 3 rings (SSSR count). The van der Waals surface area contributed by atoms with E-state index in [1.165, 1.54) is 0 Å². The second kappa shape index (κ2) is 17.8. The second-order valence-electron chi connectivity index (χ2n) is 12.2. The Morgan fingerprint density at radius 3 is 2.55 bits per heavy atom. The lowest BCUT2D eigenvalue weighted by Gasteiger charge is -2.30. The molecule has 236 valence electrons. The van der Waals surface area contributed by atoms with Gasteiger partial charge in [0.25, 0.3) is 0 Å². The third kappa shape index (κ3) is 11.1. The zero-order valence-corrected chi connectivity index (χ0v) is 25.5. The van der Waals surface area contributed by atoms with E-state index in [-0.39, 0.29) is 48.8 Å². The van der Waals surface area contributed by atoms with Crippen molar-refractivity contribution in [2.45, 2.75) is 123 Å². The quantitative estimate of drug-likeness (QED) is 0.120. The molecule has 0 radical (unpaired) electrons. The number of carbonyl (C=O) groups excluding carboxylic acids is 3. The van der Waals surface area contributed by atoms with Gasteiger partial charge in [-0.05, 0) is 62.3 Å². The third-order valence-corrected chi connectivity index (χ3v) is 8.80. The van der Waals surface area contributed by atoms with Crippen molar-refractivity contribution in [2.24, 2.45) is 23.7 Å². The average Bonchev–Trinajstić information content (AvgIpc) is 3.29. The van der Waals surface area contributed by atoms with Gasteiger partial charge >= 0.3 is 11.9 Å². The average molecular weight is 593 g/mol. The van der Waals surface area contributed by atoms with Crippen LogP contribution in [0.2, 0.25) is 0 Å². The van der Waals surface area contributed by atoms with Crippen molar-refractivity contribution >= 4 is 17.5 Å². The first kappa shape index (κ1) is 34.3. The van der Waals surface area contributed by atoms with Crippen LogP contribution < -0.4 is 0 Å². The second-order valence-corrected chi connectivity index (χ2v) is 12.2. The highest BCUT2D eigenvalue weighted by Crippen LogP contribution is 2.43. The van der Waals surface area contributed by atoms with Crippen molar-refractivity contribution in [3.63, 3.8) is 0 Å². The van der Waals surface area contributed by atoms with Crippen LogP contribution in [0.3, 0.4) is 0 Å². The zero-order valence-electron chi connectivity index (χ0n) is 25.5. The maximum atomic E-state index is 14.6. The lowest BCUT2D eigenvalue weighted by Crippen LogP contribution is -2.36. The van der Waals surface area contributed by atoms with Gasteiger partial charge in [-0.2, -0.15) is 8.78 Å². The summed E-state index contributed by atoms with van der Waals surface area (Å²) in [7, 11) is 0. The predicted molar refractivity (Wildman–Crippen MR) is 157 cm³/mol. The van der Waals surface area contributed by atoms with Crippen LogP contribution in [0.1, 0.15) is 109 Å². The summed E-state index contributed by atoms with van der Waals surface area (Å²) in [6, 6.07) is 9.56. The smallest absolute Gasteiger partial charge is 0.306 e. The van der Waals surface area contributed by atoms with Crippen LogP contribution in [0.4, 0.5) is 8.78 Å². The van der Waals surface area contributed by atoms with E-state index in [9.17, 15) is 23.2 Å². The largest absolute Gasteiger partial charge is 0.461 e. The summed E-state index contributed by atoms with van der Waals surface area (Å²) in [5, 5.41) is 0. The van der Waals surface area contributed by atoms with Crippen molar-refractivity contribution in [2.75, 3.05) is 13.2 Å². The topological polar surface area (TPSA) is 78.9 Å². The van der Waals surface area contributed by atoms with Gasteiger partial charge in [-0.15, -0.1) is 0 Å². The number of halogens is 2. The van der Waals surface area contributed by atoms with E-state index in [1.54, 1.807) is 6.92 Å². The Balaban J connectivity index is 1.49. The molecule has 6 nitrogen and oxygen atoms in total. The van der Waals surface area contributed by atoms with E-state index in [4.69, 9.17) is 14.2 Å². The maximum Gasteiger partial charge on any atom is 0.306 e. The molecule has 0 aromatic heterocycles. The summed E-state index contributed by atoms with van der Waals surface area (Å²) < 4.78 is 46.3. The fourth-order valence-electron chi connectivity index (χ4n) is 6.31. The Morgan fingerprint density at radius 1 is 1.07 bits per heavy atom. The molecule has 1 aromatic rings. The van der Waals surface area contributed by atoms with Crippen LogP contribution in [0.15, 0.2) is 30.3 Å². The molecule has 4 unspecified atom stereocenters. The monoisotopic (exact) mass is 592 g/mol. The standard InChI is InChI=1S/C34H50F2O6/c1-3-4-19-34(35,36)33(39)25(2)21-29-27(24-42-32-18-12-13-20-40-32)22-30(37)28(29)16-10-5-6-11-17-31(38)41-23-26-14-8-7-9-15-26/h7-9,14-15,25,27-29,32H,3-6,10-13,16-24H2,1-2H3/t25?,27?,28?,29-,32?/m0/s1. The van der Waals surface area contributed by atoms with E-state index in [0.29, 0.717) is 51.7 Å². The lowest BCUT2D eigenvalue weighted by molar-refractivity contribution is -0.171. The van der Waals surface area contributed by atoms with Crippen LogP contribution in [0.25, 0.3) is 0 Å². The Kier molecular flexibility index (Phi) is 14.5. The molecular formula is C34H50F2O6. The fraction of sp³-hybridized carbons (Fsp3) is 0.735. The molecule has 2 fully saturated rings. The molecule has 8 heteroatoms. The van der Waals surface area contributed by atoms with Gasteiger partial charge in [-0.3, -0.25) is 14.4 Å². The van der Waals surface area contributed by atoms with Crippen molar-refractivity contribution in [1.29, 1.82) is 0 Å². The lowest BCUT2D eigenvalue weighted by atomic mass is 9.78. The van der Waals surface area contributed by atoms with E-state index in [0.717, 1.165) is 44.1 Å². The molecule has 0 N–H and O–H groups in total. The van der Waals surface area contributed by atoms with Gasteiger partial charge in [-0.1, -0.05) is 69.9 Å². The van der Waals surface area contributed by atoms with Crippen LogP contribution in [-0.2, 0) is 35.2 Å². The van der Waals surface area contributed by atoms with Crippen molar-refractivity contribution in [3.05, 3.63) is 35.9 Å². The minimum Gasteiger partial charge on any atom is -0.461 e. The SMILES string of the molecule is CCCCC(F)(F)C(=O)C(C)C[C@H]1C(COC2CCCCO2)CC(=O)C1CCCCCCC(=O)OCc1ccccc1. The molecule has 1 saturated heterocycles. The highest BCUT2D eigenvalue weighted by Gasteiger charge is 2.46. The summed E-state index contributed by atoms with van der Waals surface area (Å²) in [5.74, 6) is -5.79. The molecule has 1 aromatic carbocycles. The number of alkyl halides is 2.